The van der Waals surface area contributed by atoms with Crippen LogP contribution in [-0.2, 0) is 9.59 Å². The van der Waals surface area contributed by atoms with Crippen LogP contribution in [0.3, 0.4) is 0 Å². The summed E-state index contributed by atoms with van der Waals surface area (Å²) in [5.74, 6) is -0.989. The molecule has 0 saturated heterocycles. The van der Waals surface area contributed by atoms with Gasteiger partial charge in [0.05, 0.1) is 13.0 Å². The smallest absolute Gasteiger partial charge is 0.304 e. The number of nitrogens with one attached hydrogen (secondary N) is 2. The van der Waals surface area contributed by atoms with Crippen molar-refractivity contribution in [2.75, 3.05) is 13.1 Å². The van der Waals surface area contributed by atoms with Gasteiger partial charge in [0.25, 0.3) is 0 Å². The standard InChI is InChI=1S/C9H18N2O3/c1-9(2,3)11-7(12)6-10-5-4-8(13)14/h10H,4-6H2,1-3H3,(H,11,12)(H,13,14). The van der Waals surface area contributed by atoms with Crippen molar-refractivity contribution in [1.29, 1.82) is 0 Å². The number of carboxylic acid groups (broad SMARTS) is 1. The summed E-state index contributed by atoms with van der Waals surface area (Å²) in [4.78, 5) is 21.3. The molecule has 5 nitrogen and oxygen atoms in total. The average Bonchev–Trinajstić information content (AvgIpc) is 1.94. The number of hydrogen-bond donors (Lipinski definition) is 3. The van der Waals surface area contributed by atoms with Crippen LogP contribution in [0.2, 0.25) is 0 Å². The Labute approximate surface area is 83.9 Å². The molecule has 0 atom stereocenters. The van der Waals surface area contributed by atoms with Gasteiger partial charge in [-0.2, -0.15) is 0 Å². The highest BCUT2D eigenvalue weighted by Crippen LogP contribution is 1.96. The minimum Gasteiger partial charge on any atom is -0.481 e. The van der Waals surface area contributed by atoms with Gasteiger partial charge in [0.15, 0.2) is 0 Å². The van der Waals surface area contributed by atoms with Gasteiger partial charge < -0.3 is 15.7 Å². The lowest BCUT2D eigenvalue weighted by molar-refractivity contribution is -0.137. The van der Waals surface area contributed by atoms with Crippen molar-refractivity contribution >= 4 is 11.9 Å². The van der Waals surface area contributed by atoms with E-state index in [0.717, 1.165) is 0 Å². The minimum absolute atomic E-state index is 0.0306. The summed E-state index contributed by atoms with van der Waals surface area (Å²) in [5.41, 5.74) is -0.244. The molecule has 0 aliphatic rings. The van der Waals surface area contributed by atoms with Crippen molar-refractivity contribution in [3.63, 3.8) is 0 Å². The molecule has 82 valence electrons. The number of amides is 1. The molecule has 0 aromatic heterocycles. The predicted octanol–water partition coefficient (Wildman–Crippen LogP) is -0.0346. The van der Waals surface area contributed by atoms with E-state index in [0.29, 0.717) is 6.54 Å². The molecule has 0 aliphatic heterocycles. The molecule has 0 aliphatic carbocycles. The molecule has 0 aromatic rings. The zero-order chi connectivity index (χ0) is 11.2. The van der Waals surface area contributed by atoms with Crippen molar-refractivity contribution in [1.82, 2.24) is 10.6 Å². The van der Waals surface area contributed by atoms with E-state index in [-0.39, 0.29) is 24.4 Å². The number of aliphatic carboxylic acids is 1. The maximum Gasteiger partial charge on any atom is 0.304 e. The molecule has 14 heavy (non-hydrogen) atoms. The first-order valence-electron chi connectivity index (χ1n) is 4.55. The molecule has 0 spiro atoms. The van der Waals surface area contributed by atoms with Gasteiger partial charge in [-0.05, 0) is 20.8 Å². The molecular weight excluding hydrogens is 184 g/mol. The Bertz CT molecular complexity index is 209. The number of carbonyl (C=O) groups excluding carboxylic acids is 1. The van der Waals surface area contributed by atoms with Crippen LogP contribution in [0.5, 0.6) is 0 Å². The average molecular weight is 202 g/mol. The summed E-state index contributed by atoms with van der Waals surface area (Å²) in [6, 6.07) is 0. The predicted molar refractivity (Wildman–Crippen MR) is 53.0 cm³/mol. The Balaban J connectivity index is 3.50. The van der Waals surface area contributed by atoms with Crippen molar-refractivity contribution in [3.05, 3.63) is 0 Å². The summed E-state index contributed by atoms with van der Waals surface area (Å²) in [6.07, 6.45) is 0.0306. The summed E-state index contributed by atoms with van der Waals surface area (Å²) in [5, 5.41) is 13.8. The lowest BCUT2D eigenvalue weighted by Crippen LogP contribution is -2.45. The monoisotopic (exact) mass is 202 g/mol. The second-order valence-electron chi connectivity index (χ2n) is 4.12. The number of hydrogen-bond acceptors (Lipinski definition) is 3. The van der Waals surface area contributed by atoms with Crippen LogP contribution in [0.15, 0.2) is 0 Å². The van der Waals surface area contributed by atoms with Gasteiger partial charge in [0.2, 0.25) is 5.91 Å². The molecule has 3 N–H and O–H groups in total. The largest absolute Gasteiger partial charge is 0.481 e. The van der Waals surface area contributed by atoms with Gasteiger partial charge in [0.1, 0.15) is 0 Å². The minimum atomic E-state index is -0.867. The van der Waals surface area contributed by atoms with Crippen LogP contribution >= 0.6 is 0 Å². The fraction of sp³-hybridized carbons (Fsp3) is 0.778. The van der Waals surface area contributed by atoms with Gasteiger partial charge in [-0.3, -0.25) is 9.59 Å². The maximum atomic E-state index is 11.2. The van der Waals surface area contributed by atoms with Crippen molar-refractivity contribution in [3.8, 4) is 0 Å². The molecule has 0 unspecified atom stereocenters. The Morgan fingerprint density at radius 2 is 1.86 bits per heavy atom. The summed E-state index contributed by atoms with van der Waals surface area (Å²) in [7, 11) is 0. The normalized spacial score (nSPS) is 11.1. The Morgan fingerprint density at radius 3 is 2.29 bits per heavy atom. The van der Waals surface area contributed by atoms with Crippen molar-refractivity contribution in [2.45, 2.75) is 32.7 Å². The van der Waals surface area contributed by atoms with Gasteiger partial charge in [0, 0.05) is 12.1 Å². The molecule has 0 heterocycles. The van der Waals surface area contributed by atoms with Crippen LogP contribution in [0, 0.1) is 0 Å². The number of rotatable bonds is 5. The quantitative estimate of drug-likeness (QED) is 0.547. The fourth-order valence-corrected chi connectivity index (χ4v) is 0.860. The second kappa shape index (κ2) is 5.59. The Kier molecular flexibility index (Phi) is 5.15. The molecule has 0 aromatic carbocycles. The maximum absolute atomic E-state index is 11.2. The highest BCUT2D eigenvalue weighted by atomic mass is 16.4. The van der Waals surface area contributed by atoms with Gasteiger partial charge in [-0.15, -0.1) is 0 Å². The SMILES string of the molecule is CC(C)(C)NC(=O)CNCCC(=O)O. The summed E-state index contributed by atoms with van der Waals surface area (Å²) >= 11 is 0. The van der Waals surface area contributed by atoms with Crippen molar-refractivity contribution in [2.24, 2.45) is 0 Å². The van der Waals surface area contributed by atoms with Gasteiger partial charge in [-0.1, -0.05) is 0 Å². The van der Waals surface area contributed by atoms with Crippen LogP contribution < -0.4 is 10.6 Å². The fourth-order valence-electron chi connectivity index (χ4n) is 0.860. The van der Waals surface area contributed by atoms with E-state index in [2.05, 4.69) is 10.6 Å². The first-order valence-corrected chi connectivity index (χ1v) is 4.55. The van der Waals surface area contributed by atoms with E-state index in [4.69, 9.17) is 5.11 Å². The Morgan fingerprint density at radius 1 is 1.29 bits per heavy atom. The first-order chi connectivity index (χ1) is 6.31. The van der Waals surface area contributed by atoms with E-state index in [1.165, 1.54) is 0 Å². The van der Waals surface area contributed by atoms with E-state index in [1.54, 1.807) is 0 Å². The van der Waals surface area contributed by atoms with Crippen LogP contribution in [-0.4, -0.2) is 35.6 Å². The van der Waals surface area contributed by atoms with E-state index in [9.17, 15) is 9.59 Å². The van der Waals surface area contributed by atoms with E-state index in [1.807, 2.05) is 20.8 Å². The topological polar surface area (TPSA) is 78.4 Å². The number of carbonyl (C=O) groups is 2. The lowest BCUT2D eigenvalue weighted by atomic mass is 10.1. The molecule has 0 rings (SSSR count). The Hall–Kier alpha value is -1.10. The third-order valence-electron chi connectivity index (χ3n) is 1.32. The second-order valence-corrected chi connectivity index (χ2v) is 4.12. The molecule has 0 radical (unpaired) electrons. The van der Waals surface area contributed by atoms with E-state index >= 15 is 0 Å². The molecule has 0 saturated carbocycles. The third-order valence-corrected chi connectivity index (χ3v) is 1.32. The number of carboxylic acids is 1. The van der Waals surface area contributed by atoms with Crippen molar-refractivity contribution < 1.29 is 14.7 Å². The molecule has 5 heteroatoms. The first kappa shape index (κ1) is 12.9. The molecule has 1 amide bonds. The molecule has 0 bridgehead atoms. The van der Waals surface area contributed by atoms with Crippen LogP contribution in [0.1, 0.15) is 27.2 Å². The van der Waals surface area contributed by atoms with Crippen LogP contribution in [0.4, 0.5) is 0 Å². The molecule has 0 fully saturated rings. The lowest BCUT2D eigenvalue weighted by Gasteiger charge is -2.20. The summed E-state index contributed by atoms with van der Waals surface area (Å²) < 4.78 is 0. The highest BCUT2D eigenvalue weighted by Gasteiger charge is 2.12. The van der Waals surface area contributed by atoms with Gasteiger partial charge >= 0.3 is 5.97 Å². The van der Waals surface area contributed by atoms with E-state index < -0.39 is 5.97 Å². The third kappa shape index (κ3) is 8.99. The zero-order valence-corrected chi connectivity index (χ0v) is 8.89. The van der Waals surface area contributed by atoms with Gasteiger partial charge in [-0.25, -0.2) is 0 Å². The zero-order valence-electron chi connectivity index (χ0n) is 8.89. The highest BCUT2D eigenvalue weighted by molar-refractivity contribution is 5.78. The van der Waals surface area contributed by atoms with Crippen LogP contribution in [0.25, 0.3) is 0 Å². The summed E-state index contributed by atoms with van der Waals surface area (Å²) in [6.45, 7) is 6.14. The molecular formula is C9H18N2O3.